The van der Waals surface area contributed by atoms with Gasteiger partial charge in [-0.3, -0.25) is 0 Å². The van der Waals surface area contributed by atoms with Gasteiger partial charge in [-0.1, -0.05) is 108 Å². The molecule has 0 atom stereocenters. The third-order valence-electron chi connectivity index (χ3n) is 4.98. The van der Waals surface area contributed by atoms with Crippen LogP contribution in [0.1, 0.15) is 33.4 Å². The molecular weight excluding hydrogens is 336 g/mol. The van der Waals surface area contributed by atoms with Crippen LogP contribution in [0, 0.1) is 13.8 Å². The van der Waals surface area contributed by atoms with Crippen LogP contribution in [0.3, 0.4) is 0 Å². The van der Waals surface area contributed by atoms with Crippen LogP contribution in [0.4, 0.5) is 0 Å². The van der Waals surface area contributed by atoms with Crippen LogP contribution in [0.15, 0.2) is 84.9 Å². The van der Waals surface area contributed by atoms with E-state index in [1.807, 2.05) is 0 Å². The van der Waals surface area contributed by atoms with Gasteiger partial charge in [-0.05, 0) is 59.0 Å². The van der Waals surface area contributed by atoms with E-state index in [0.29, 0.717) is 0 Å². The molecule has 0 heteroatoms. The zero-order valence-corrected chi connectivity index (χ0v) is 16.4. The summed E-state index contributed by atoms with van der Waals surface area (Å²) in [6, 6.07) is 30.4. The van der Waals surface area contributed by atoms with Crippen LogP contribution in [-0.2, 0) is 0 Å². The monoisotopic (exact) mass is 360 g/mol. The van der Waals surface area contributed by atoms with Gasteiger partial charge < -0.3 is 0 Å². The van der Waals surface area contributed by atoms with E-state index >= 15 is 0 Å². The fourth-order valence-electron chi connectivity index (χ4n) is 3.23. The predicted octanol–water partition coefficient (Wildman–Crippen LogP) is 7.80. The Labute approximate surface area is 167 Å². The Hall–Kier alpha value is -3.38. The first kappa shape index (κ1) is 18.0. The Morgan fingerprint density at radius 1 is 0.393 bits per heavy atom. The van der Waals surface area contributed by atoms with Gasteiger partial charge in [0, 0.05) is 0 Å². The van der Waals surface area contributed by atoms with Crippen molar-refractivity contribution in [2.45, 2.75) is 13.8 Å². The maximum atomic E-state index is 2.25. The molecule has 0 aromatic heterocycles. The van der Waals surface area contributed by atoms with Crippen molar-refractivity contribution in [2.24, 2.45) is 0 Å². The van der Waals surface area contributed by atoms with Crippen LogP contribution in [0.5, 0.6) is 0 Å². The molecule has 0 unspecified atom stereocenters. The van der Waals surface area contributed by atoms with Gasteiger partial charge in [0.2, 0.25) is 0 Å². The van der Waals surface area contributed by atoms with Gasteiger partial charge in [0.05, 0.1) is 0 Å². The molecule has 0 saturated heterocycles. The minimum Gasteiger partial charge on any atom is -0.0587 e. The first-order valence-electron chi connectivity index (χ1n) is 9.69. The van der Waals surface area contributed by atoms with Crippen LogP contribution in [0.25, 0.3) is 35.1 Å². The summed E-state index contributed by atoms with van der Waals surface area (Å²) in [6.45, 7) is 4.23. The molecule has 4 aromatic carbocycles. The fraction of sp³-hybridized carbons (Fsp3) is 0.0714. The van der Waals surface area contributed by atoms with Gasteiger partial charge in [0.1, 0.15) is 0 Å². The summed E-state index contributed by atoms with van der Waals surface area (Å²) < 4.78 is 0. The van der Waals surface area contributed by atoms with E-state index < -0.39 is 0 Å². The van der Waals surface area contributed by atoms with E-state index in [2.05, 4.69) is 123 Å². The molecule has 0 heterocycles. The Bertz CT molecular complexity index is 1050. The summed E-state index contributed by atoms with van der Waals surface area (Å²) in [5, 5.41) is 2.53. The lowest BCUT2D eigenvalue weighted by Gasteiger charge is -2.03. The highest BCUT2D eigenvalue weighted by atomic mass is 14.0. The Morgan fingerprint density at radius 3 is 1.18 bits per heavy atom. The molecule has 4 aromatic rings. The standard InChI is InChI=1S/C28H24/c1-21-3-7-23(8-4-21)11-13-25-15-17-27-18-16-26(20-28(27)19-25)14-12-24-9-5-22(2)6-10-24/h3-20H,1-2H3/b13-11-,14-12-. The van der Waals surface area contributed by atoms with Gasteiger partial charge in [0.25, 0.3) is 0 Å². The van der Waals surface area contributed by atoms with Crippen LogP contribution < -0.4 is 0 Å². The van der Waals surface area contributed by atoms with E-state index in [1.54, 1.807) is 0 Å². The highest BCUT2D eigenvalue weighted by Gasteiger charge is 1.97. The first-order valence-corrected chi connectivity index (χ1v) is 9.69. The molecule has 0 aliphatic rings. The minimum atomic E-state index is 1.22. The fourth-order valence-corrected chi connectivity index (χ4v) is 3.23. The van der Waals surface area contributed by atoms with Crippen molar-refractivity contribution < 1.29 is 0 Å². The summed E-state index contributed by atoms with van der Waals surface area (Å²) in [4.78, 5) is 0. The summed E-state index contributed by atoms with van der Waals surface area (Å²) >= 11 is 0. The lowest BCUT2D eigenvalue weighted by atomic mass is 10.0. The predicted molar refractivity (Wildman–Crippen MR) is 124 cm³/mol. The van der Waals surface area contributed by atoms with E-state index in [9.17, 15) is 0 Å². The molecule has 0 spiro atoms. The highest BCUT2D eigenvalue weighted by Crippen LogP contribution is 2.21. The molecule has 0 aliphatic heterocycles. The molecule has 0 nitrogen and oxygen atoms in total. The number of hydrogen-bond acceptors (Lipinski definition) is 0. The Balaban J connectivity index is 1.57. The van der Waals surface area contributed by atoms with Crippen molar-refractivity contribution in [3.63, 3.8) is 0 Å². The maximum absolute atomic E-state index is 2.25. The number of aryl methyl sites for hydroxylation is 2. The minimum absolute atomic E-state index is 1.22. The summed E-state index contributed by atoms with van der Waals surface area (Å²) in [7, 11) is 0. The average molecular weight is 361 g/mol. The van der Waals surface area contributed by atoms with Gasteiger partial charge in [-0.15, -0.1) is 0 Å². The molecule has 28 heavy (non-hydrogen) atoms. The molecule has 0 saturated carbocycles. The zero-order chi connectivity index (χ0) is 19.3. The lowest BCUT2D eigenvalue weighted by molar-refractivity contribution is 1.46. The largest absolute Gasteiger partial charge is 0.0587 e. The number of hydrogen-bond donors (Lipinski definition) is 0. The van der Waals surface area contributed by atoms with Gasteiger partial charge >= 0.3 is 0 Å². The maximum Gasteiger partial charge on any atom is -0.0172 e. The SMILES string of the molecule is Cc1ccc(/C=C\c2ccc3ccc(/C=C\c4ccc(C)cc4)cc3c2)cc1. The normalized spacial score (nSPS) is 11.6. The molecule has 136 valence electrons. The van der Waals surface area contributed by atoms with Gasteiger partial charge in [-0.25, -0.2) is 0 Å². The van der Waals surface area contributed by atoms with Gasteiger partial charge in [-0.2, -0.15) is 0 Å². The lowest BCUT2D eigenvalue weighted by Crippen LogP contribution is -1.79. The van der Waals surface area contributed by atoms with Crippen LogP contribution in [-0.4, -0.2) is 0 Å². The van der Waals surface area contributed by atoms with E-state index in [4.69, 9.17) is 0 Å². The third-order valence-corrected chi connectivity index (χ3v) is 4.98. The van der Waals surface area contributed by atoms with Crippen molar-refractivity contribution in [3.05, 3.63) is 118 Å². The molecule has 0 N–H and O–H groups in total. The van der Waals surface area contributed by atoms with Crippen molar-refractivity contribution in [1.82, 2.24) is 0 Å². The van der Waals surface area contributed by atoms with Crippen molar-refractivity contribution in [2.75, 3.05) is 0 Å². The van der Waals surface area contributed by atoms with Gasteiger partial charge in [0.15, 0.2) is 0 Å². The molecule has 0 bridgehead atoms. The van der Waals surface area contributed by atoms with Crippen LogP contribution in [0.2, 0.25) is 0 Å². The molecule has 0 amide bonds. The summed E-state index contributed by atoms with van der Waals surface area (Å²) in [5.74, 6) is 0. The van der Waals surface area contributed by atoms with E-state index in [1.165, 1.54) is 44.2 Å². The molecular formula is C28H24. The smallest absolute Gasteiger partial charge is 0.0172 e. The molecule has 0 fully saturated rings. The van der Waals surface area contributed by atoms with E-state index in [0.717, 1.165) is 0 Å². The van der Waals surface area contributed by atoms with Crippen molar-refractivity contribution in [1.29, 1.82) is 0 Å². The molecule has 0 radical (unpaired) electrons. The highest BCUT2D eigenvalue weighted by molar-refractivity contribution is 5.88. The zero-order valence-electron chi connectivity index (χ0n) is 16.4. The van der Waals surface area contributed by atoms with Crippen molar-refractivity contribution in [3.8, 4) is 0 Å². The second-order valence-corrected chi connectivity index (χ2v) is 7.35. The second-order valence-electron chi connectivity index (χ2n) is 7.35. The molecule has 4 rings (SSSR count). The molecule has 0 aliphatic carbocycles. The summed E-state index contributed by atoms with van der Waals surface area (Å²) in [5.41, 5.74) is 7.45. The van der Waals surface area contributed by atoms with E-state index in [-0.39, 0.29) is 0 Å². The number of benzene rings is 4. The number of rotatable bonds is 4. The summed E-state index contributed by atoms with van der Waals surface area (Å²) in [6.07, 6.45) is 8.70. The topological polar surface area (TPSA) is 0 Å². The van der Waals surface area contributed by atoms with Crippen LogP contribution >= 0.6 is 0 Å². The van der Waals surface area contributed by atoms with Crippen molar-refractivity contribution >= 4 is 35.1 Å². The Kier molecular flexibility index (Phi) is 5.21. The number of fused-ring (bicyclic) bond motifs is 1. The quantitative estimate of drug-likeness (QED) is 0.326. The average Bonchev–Trinajstić information content (AvgIpc) is 2.72. The first-order chi connectivity index (χ1) is 13.7. The second kappa shape index (κ2) is 8.10. The third kappa shape index (κ3) is 4.47. The Morgan fingerprint density at radius 2 is 0.750 bits per heavy atom.